The van der Waals surface area contributed by atoms with E-state index in [0.717, 1.165) is 36.9 Å². The molecule has 1 spiro atoms. The number of nitrogens with one attached hydrogen (secondary N) is 2. The number of ether oxygens (including phenoxy) is 1. The molecule has 1 aromatic heterocycles. The van der Waals surface area contributed by atoms with Crippen LogP contribution in [0.2, 0.25) is 0 Å². The number of carbonyl (C=O) groups excluding carboxylic acids is 3. The van der Waals surface area contributed by atoms with Crippen molar-refractivity contribution in [1.82, 2.24) is 25.4 Å². The topological polar surface area (TPSA) is 124 Å². The molecule has 10 heteroatoms. The molecule has 2 aromatic carbocycles. The number of pyridine rings is 1. The van der Waals surface area contributed by atoms with Gasteiger partial charge in [-0.1, -0.05) is 37.5 Å². The Morgan fingerprint density at radius 1 is 0.957 bits per heavy atom. The minimum absolute atomic E-state index is 0.0835. The highest BCUT2D eigenvalue weighted by atomic mass is 16.5. The Morgan fingerprint density at radius 2 is 1.64 bits per heavy atom. The third kappa shape index (κ3) is 7.49. The number of hydrogen-bond donors (Lipinski definition) is 3. The van der Waals surface area contributed by atoms with Gasteiger partial charge in [0.05, 0.1) is 5.60 Å². The van der Waals surface area contributed by atoms with Crippen LogP contribution in [0.4, 0.5) is 0 Å². The van der Waals surface area contributed by atoms with E-state index in [9.17, 15) is 19.5 Å². The van der Waals surface area contributed by atoms with Gasteiger partial charge in [-0.2, -0.15) is 0 Å². The molecule has 2 aliphatic heterocycles. The van der Waals surface area contributed by atoms with Crippen molar-refractivity contribution in [2.24, 2.45) is 0 Å². The van der Waals surface area contributed by atoms with Crippen LogP contribution < -0.4 is 15.4 Å². The Hall–Kier alpha value is -4.28. The van der Waals surface area contributed by atoms with Gasteiger partial charge >= 0.3 is 0 Å². The summed E-state index contributed by atoms with van der Waals surface area (Å²) in [6.07, 6.45) is 9.83. The summed E-state index contributed by atoms with van der Waals surface area (Å²) in [6.45, 7) is 2.50. The van der Waals surface area contributed by atoms with Crippen molar-refractivity contribution in [2.75, 3.05) is 26.7 Å². The Morgan fingerprint density at radius 3 is 2.28 bits per heavy atom. The molecule has 3 heterocycles. The van der Waals surface area contributed by atoms with Crippen molar-refractivity contribution in [3.63, 3.8) is 0 Å². The zero-order chi connectivity index (χ0) is 32.9. The van der Waals surface area contributed by atoms with E-state index in [4.69, 9.17) is 4.74 Å². The van der Waals surface area contributed by atoms with Crippen LogP contribution in [-0.4, -0.2) is 81.5 Å². The molecule has 3 amide bonds. The summed E-state index contributed by atoms with van der Waals surface area (Å²) in [5, 5.41) is 17.0. The summed E-state index contributed by atoms with van der Waals surface area (Å²) in [5.74, 6) is 1.02. The van der Waals surface area contributed by atoms with Crippen LogP contribution in [0.3, 0.4) is 0 Å². The quantitative estimate of drug-likeness (QED) is 0.304. The van der Waals surface area contributed by atoms with Crippen LogP contribution in [0, 0.1) is 0 Å². The number of aromatic nitrogens is 1. The molecule has 1 atom stereocenters. The van der Waals surface area contributed by atoms with Crippen molar-refractivity contribution >= 4 is 17.7 Å². The van der Waals surface area contributed by atoms with E-state index in [1.54, 1.807) is 37.5 Å². The summed E-state index contributed by atoms with van der Waals surface area (Å²) >= 11 is 0. The third-order valence-corrected chi connectivity index (χ3v) is 10.1. The van der Waals surface area contributed by atoms with Gasteiger partial charge in [-0.15, -0.1) is 0 Å². The molecule has 248 valence electrons. The van der Waals surface area contributed by atoms with Crippen molar-refractivity contribution in [2.45, 2.75) is 81.5 Å². The number of benzene rings is 2. The predicted molar refractivity (Wildman–Crippen MR) is 178 cm³/mol. The number of piperidine rings is 1. The van der Waals surface area contributed by atoms with Crippen LogP contribution in [-0.2, 0) is 22.6 Å². The molecule has 3 N–H and O–H groups in total. The average molecular weight is 640 g/mol. The first-order valence-electron chi connectivity index (χ1n) is 16.8. The highest BCUT2D eigenvalue weighted by Gasteiger charge is 2.54. The summed E-state index contributed by atoms with van der Waals surface area (Å²) in [6, 6.07) is 18.1. The van der Waals surface area contributed by atoms with Gasteiger partial charge in [-0.3, -0.25) is 24.3 Å². The Balaban J connectivity index is 1.10. The van der Waals surface area contributed by atoms with Crippen LogP contribution in [0.1, 0.15) is 72.9 Å². The van der Waals surface area contributed by atoms with Crippen molar-refractivity contribution in [1.29, 1.82) is 0 Å². The fraction of sp³-hybridized carbons (Fsp3) is 0.459. The second kappa shape index (κ2) is 14.2. The largest absolute Gasteiger partial charge is 0.457 e. The monoisotopic (exact) mass is 639 g/mol. The number of aliphatic hydroxyl groups is 1. The first-order valence-corrected chi connectivity index (χ1v) is 16.8. The van der Waals surface area contributed by atoms with E-state index in [0.29, 0.717) is 68.8 Å². The van der Waals surface area contributed by atoms with Crippen LogP contribution in [0.5, 0.6) is 11.5 Å². The van der Waals surface area contributed by atoms with Crippen molar-refractivity contribution in [3.05, 3.63) is 89.7 Å². The lowest BCUT2D eigenvalue weighted by molar-refractivity contribution is -0.163. The Kier molecular flexibility index (Phi) is 9.89. The van der Waals surface area contributed by atoms with E-state index in [-0.39, 0.29) is 24.1 Å². The fourth-order valence-corrected chi connectivity index (χ4v) is 7.37. The molecule has 6 rings (SSSR count). The number of amides is 3. The minimum Gasteiger partial charge on any atom is -0.457 e. The molecule has 3 fully saturated rings. The number of nitrogens with zero attached hydrogens (tertiary/aromatic N) is 3. The van der Waals surface area contributed by atoms with Crippen LogP contribution in [0.25, 0.3) is 0 Å². The zero-order valence-electron chi connectivity index (χ0n) is 27.1. The first-order chi connectivity index (χ1) is 22.8. The molecule has 3 aliphatic rings. The van der Waals surface area contributed by atoms with Crippen molar-refractivity contribution in [3.8, 4) is 11.5 Å². The molecular formula is C37H45N5O5. The Labute approximate surface area is 276 Å². The summed E-state index contributed by atoms with van der Waals surface area (Å²) in [7, 11) is 1.60. The van der Waals surface area contributed by atoms with E-state index >= 15 is 0 Å². The van der Waals surface area contributed by atoms with Gasteiger partial charge in [0.1, 0.15) is 23.1 Å². The van der Waals surface area contributed by atoms with Gasteiger partial charge in [0, 0.05) is 57.6 Å². The SMILES string of the molecule is CNC(=O)c1ccc(Oc2ccc(CN3CCC4(CC3)C(=O)N[C@H](CC3(O)CCCCC3)C(=O)N4CCc3cccnc3)cc2)cc1. The lowest BCUT2D eigenvalue weighted by Crippen LogP contribution is -2.73. The van der Waals surface area contributed by atoms with Crippen LogP contribution >= 0.6 is 0 Å². The maximum Gasteiger partial charge on any atom is 0.251 e. The highest BCUT2D eigenvalue weighted by molar-refractivity contribution is 6.00. The average Bonchev–Trinajstić information content (AvgIpc) is 3.09. The standard InChI is InChI=1S/C37H45N5O5/c1-38-33(43)29-9-13-31(14-10-29)47-30-11-7-28(8-12-30)26-41-22-18-37(19-23-41)35(45)40-32(24-36(46)16-3-2-4-17-36)34(44)42(37)21-15-27-6-5-20-39-25-27/h5-14,20,25,32,46H,2-4,15-19,21-24,26H2,1H3,(H,38,43)(H,40,45)/t32-/m1/s1. The molecule has 10 nitrogen and oxygen atoms in total. The van der Waals surface area contributed by atoms with E-state index in [1.807, 2.05) is 47.5 Å². The lowest BCUT2D eigenvalue weighted by atomic mass is 9.77. The van der Waals surface area contributed by atoms with Gasteiger partial charge in [0.15, 0.2) is 0 Å². The molecule has 0 unspecified atom stereocenters. The van der Waals surface area contributed by atoms with Gasteiger partial charge in [-0.25, -0.2) is 0 Å². The summed E-state index contributed by atoms with van der Waals surface area (Å²) < 4.78 is 5.97. The molecule has 3 aromatic rings. The number of likely N-dealkylation sites (tertiary alicyclic amines) is 1. The lowest BCUT2D eigenvalue weighted by Gasteiger charge is -2.52. The maximum atomic E-state index is 14.1. The Bertz CT molecular complexity index is 1530. The molecule has 47 heavy (non-hydrogen) atoms. The molecular weight excluding hydrogens is 594 g/mol. The highest BCUT2D eigenvalue weighted by Crippen LogP contribution is 2.38. The number of hydrogen-bond acceptors (Lipinski definition) is 7. The van der Waals surface area contributed by atoms with Gasteiger partial charge in [0.25, 0.3) is 5.91 Å². The maximum absolute atomic E-state index is 14.1. The van der Waals surface area contributed by atoms with Crippen LogP contribution in [0.15, 0.2) is 73.1 Å². The van der Waals surface area contributed by atoms with Gasteiger partial charge in [0.2, 0.25) is 11.8 Å². The number of rotatable bonds is 10. The minimum atomic E-state index is -0.910. The smallest absolute Gasteiger partial charge is 0.251 e. The number of piperazine rings is 1. The molecule has 1 saturated carbocycles. The van der Waals surface area contributed by atoms with E-state index in [2.05, 4.69) is 20.5 Å². The van der Waals surface area contributed by atoms with E-state index in [1.165, 1.54) is 0 Å². The fourth-order valence-electron chi connectivity index (χ4n) is 7.37. The van der Waals surface area contributed by atoms with E-state index < -0.39 is 17.2 Å². The zero-order valence-corrected chi connectivity index (χ0v) is 27.1. The van der Waals surface area contributed by atoms with Gasteiger partial charge in [-0.05, 0) is 85.7 Å². The predicted octanol–water partition coefficient (Wildman–Crippen LogP) is 4.22. The number of carbonyl (C=O) groups is 3. The second-order valence-corrected chi connectivity index (χ2v) is 13.3. The second-order valence-electron chi connectivity index (χ2n) is 13.3. The summed E-state index contributed by atoms with van der Waals surface area (Å²) in [4.78, 5) is 48.3. The first kappa shape index (κ1) is 32.7. The molecule has 1 aliphatic carbocycles. The molecule has 0 radical (unpaired) electrons. The third-order valence-electron chi connectivity index (χ3n) is 10.1. The normalized spacial score (nSPS) is 20.9. The summed E-state index contributed by atoms with van der Waals surface area (Å²) in [5.41, 5.74) is 0.901. The van der Waals surface area contributed by atoms with Crippen molar-refractivity contribution < 1.29 is 24.2 Å². The van der Waals surface area contributed by atoms with Gasteiger partial charge < -0.3 is 25.4 Å². The molecule has 0 bridgehead atoms. The molecule has 2 saturated heterocycles.